The Balaban J connectivity index is 2.06. The van der Waals surface area contributed by atoms with Crippen LogP contribution in [0.15, 0.2) is 71.6 Å². The highest BCUT2D eigenvalue weighted by Crippen LogP contribution is 2.32. The van der Waals surface area contributed by atoms with Crippen molar-refractivity contribution in [1.29, 1.82) is 0 Å². The van der Waals surface area contributed by atoms with Gasteiger partial charge in [0.25, 0.3) is 10.0 Å². The second-order valence-corrected chi connectivity index (χ2v) is 11.2. The number of nitrogens with one attached hydrogen (secondary N) is 1. The van der Waals surface area contributed by atoms with Crippen LogP contribution < -0.4 is 23.8 Å². The Bertz CT molecular complexity index is 1480. The summed E-state index contributed by atoms with van der Waals surface area (Å²) in [6.45, 7) is 3.24. The number of methoxy groups -OCH3 is 3. The molecule has 10 nitrogen and oxygen atoms in total. The lowest BCUT2D eigenvalue weighted by Crippen LogP contribution is -2.51. The Morgan fingerprint density at radius 3 is 2.24 bits per heavy atom. The van der Waals surface area contributed by atoms with E-state index >= 15 is 0 Å². The molecule has 3 aromatic carbocycles. The molecule has 2 amide bonds. The van der Waals surface area contributed by atoms with Crippen molar-refractivity contribution in [3.05, 3.63) is 78.1 Å². The van der Waals surface area contributed by atoms with E-state index in [1.54, 1.807) is 31.2 Å². The van der Waals surface area contributed by atoms with Gasteiger partial charge in [-0.05, 0) is 67.4 Å². The van der Waals surface area contributed by atoms with E-state index in [0.29, 0.717) is 30.0 Å². The maximum atomic E-state index is 14.0. The zero-order valence-corrected chi connectivity index (χ0v) is 25.1. The summed E-state index contributed by atoms with van der Waals surface area (Å²) < 4.78 is 58.5. The molecule has 0 saturated heterocycles. The predicted molar refractivity (Wildman–Crippen MR) is 157 cm³/mol. The van der Waals surface area contributed by atoms with Crippen molar-refractivity contribution in [2.75, 3.05) is 38.7 Å². The normalized spacial score (nSPS) is 11.8. The minimum absolute atomic E-state index is 0.00437. The molecule has 1 N–H and O–H groups in total. The Morgan fingerprint density at radius 2 is 1.62 bits per heavy atom. The summed E-state index contributed by atoms with van der Waals surface area (Å²) in [4.78, 5) is 28.1. The summed E-state index contributed by atoms with van der Waals surface area (Å²) in [7, 11) is -0.0803. The first-order chi connectivity index (χ1) is 20.0. The number of rotatable bonds is 14. The van der Waals surface area contributed by atoms with Gasteiger partial charge in [-0.25, -0.2) is 12.8 Å². The molecule has 3 rings (SSSR count). The highest BCUT2D eigenvalue weighted by atomic mass is 32.2. The van der Waals surface area contributed by atoms with E-state index < -0.39 is 34.3 Å². The average molecular weight is 602 g/mol. The monoisotopic (exact) mass is 601 g/mol. The van der Waals surface area contributed by atoms with Gasteiger partial charge in [-0.2, -0.15) is 0 Å². The van der Waals surface area contributed by atoms with E-state index in [1.165, 1.54) is 56.6 Å². The van der Waals surface area contributed by atoms with E-state index in [0.717, 1.165) is 16.4 Å². The lowest BCUT2D eigenvalue weighted by molar-refractivity contribution is -0.139. The van der Waals surface area contributed by atoms with Crippen molar-refractivity contribution in [3.63, 3.8) is 0 Å². The molecule has 42 heavy (non-hydrogen) atoms. The Kier molecular flexibility index (Phi) is 11.1. The van der Waals surface area contributed by atoms with Crippen molar-refractivity contribution < 1.29 is 36.6 Å². The van der Waals surface area contributed by atoms with Gasteiger partial charge in [-0.15, -0.1) is 0 Å². The van der Waals surface area contributed by atoms with Gasteiger partial charge in [0, 0.05) is 19.2 Å². The number of sulfonamides is 1. The molecule has 0 bridgehead atoms. The number of carbonyl (C=O) groups is 2. The zero-order valence-electron chi connectivity index (χ0n) is 24.3. The summed E-state index contributed by atoms with van der Waals surface area (Å²) in [6.07, 6.45) is 0.699. The number of amides is 2. The maximum Gasteiger partial charge on any atom is 0.264 e. The van der Waals surface area contributed by atoms with Gasteiger partial charge in [0.1, 0.15) is 24.2 Å². The molecule has 0 aliphatic heterocycles. The molecule has 226 valence electrons. The second-order valence-electron chi connectivity index (χ2n) is 9.35. The first-order valence-corrected chi connectivity index (χ1v) is 14.7. The first-order valence-electron chi connectivity index (χ1n) is 13.3. The average Bonchev–Trinajstić information content (AvgIpc) is 3.00. The minimum Gasteiger partial charge on any atom is -0.497 e. The third-order valence-corrected chi connectivity index (χ3v) is 8.31. The number of hydrogen-bond acceptors (Lipinski definition) is 7. The molecule has 0 aliphatic carbocycles. The van der Waals surface area contributed by atoms with Crippen molar-refractivity contribution in [3.8, 4) is 17.2 Å². The number of ether oxygens (including phenoxy) is 3. The Morgan fingerprint density at radius 1 is 0.929 bits per heavy atom. The highest BCUT2D eigenvalue weighted by molar-refractivity contribution is 7.92. The van der Waals surface area contributed by atoms with Crippen molar-refractivity contribution in [2.45, 2.75) is 37.8 Å². The molecule has 0 spiro atoms. The quantitative estimate of drug-likeness (QED) is 0.297. The van der Waals surface area contributed by atoms with Gasteiger partial charge in [0.2, 0.25) is 11.8 Å². The fourth-order valence-electron chi connectivity index (χ4n) is 4.19. The summed E-state index contributed by atoms with van der Waals surface area (Å²) in [5.41, 5.74) is 0.734. The summed E-state index contributed by atoms with van der Waals surface area (Å²) in [5.74, 6) is -0.557. The topological polar surface area (TPSA) is 114 Å². The van der Waals surface area contributed by atoms with Crippen molar-refractivity contribution >= 4 is 27.5 Å². The van der Waals surface area contributed by atoms with Crippen LogP contribution in [0.4, 0.5) is 10.1 Å². The van der Waals surface area contributed by atoms with Gasteiger partial charge in [0.05, 0.1) is 31.9 Å². The maximum absolute atomic E-state index is 14.0. The lowest BCUT2D eigenvalue weighted by atomic mass is 10.1. The van der Waals surface area contributed by atoms with Gasteiger partial charge in [-0.1, -0.05) is 19.1 Å². The number of halogens is 1. The third-order valence-electron chi connectivity index (χ3n) is 6.54. The predicted octanol–water partition coefficient (Wildman–Crippen LogP) is 3.99. The SMILES string of the molecule is CCCNC(=O)C(C)N(Cc1cccc(OC)c1)C(=O)CN(c1ccc(F)cc1)S(=O)(=O)c1ccc(OC)c(OC)c1. The van der Waals surface area contributed by atoms with E-state index in [1.807, 2.05) is 6.92 Å². The van der Waals surface area contributed by atoms with E-state index in [-0.39, 0.29) is 28.8 Å². The highest BCUT2D eigenvalue weighted by Gasteiger charge is 2.33. The van der Waals surface area contributed by atoms with E-state index in [9.17, 15) is 22.4 Å². The van der Waals surface area contributed by atoms with Gasteiger partial charge in [0.15, 0.2) is 11.5 Å². The van der Waals surface area contributed by atoms with E-state index in [2.05, 4.69) is 5.32 Å². The van der Waals surface area contributed by atoms with Crippen LogP contribution in [-0.2, 0) is 26.2 Å². The summed E-state index contributed by atoms with van der Waals surface area (Å²) in [5, 5.41) is 2.79. The molecule has 1 unspecified atom stereocenters. The Hall–Kier alpha value is -4.32. The molecule has 0 heterocycles. The summed E-state index contributed by atoms with van der Waals surface area (Å²) >= 11 is 0. The van der Waals surface area contributed by atoms with Crippen LogP contribution in [0.2, 0.25) is 0 Å². The molecule has 0 fully saturated rings. The minimum atomic E-state index is -4.39. The first kappa shape index (κ1) is 32.2. The Labute approximate surface area is 246 Å². The number of hydrogen-bond donors (Lipinski definition) is 1. The standard InChI is InChI=1S/C30H36FN3O7S/c1-6-16-32-30(36)21(2)33(19-22-8-7-9-25(17-22)39-3)29(35)20-34(24-12-10-23(31)11-13-24)42(37,38)26-14-15-27(40-4)28(18-26)41-5/h7-15,17-18,21H,6,16,19-20H2,1-5H3,(H,32,36). The third kappa shape index (κ3) is 7.69. The van der Waals surface area contributed by atoms with E-state index in [4.69, 9.17) is 14.2 Å². The molecular weight excluding hydrogens is 565 g/mol. The molecule has 0 saturated carbocycles. The lowest BCUT2D eigenvalue weighted by Gasteiger charge is -2.32. The number of benzene rings is 3. The molecule has 0 aromatic heterocycles. The van der Waals surface area contributed by atoms with Gasteiger partial charge >= 0.3 is 0 Å². The fraction of sp³-hybridized carbons (Fsp3) is 0.333. The molecule has 12 heteroatoms. The zero-order chi connectivity index (χ0) is 30.9. The molecular formula is C30H36FN3O7S. The summed E-state index contributed by atoms with van der Waals surface area (Å²) in [6, 6.07) is 14.9. The number of carbonyl (C=O) groups excluding carboxylic acids is 2. The molecule has 0 aliphatic rings. The fourth-order valence-corrected chi connectivity index (χ4v) is 5.62. The van der Waals surface area contributed by atoms with Crippen LogP contribution in [0.5, 0.6) is 17.2 Å². The largest absolute Gasteiger partial charge is 0.497 e. The van der Waals surface area contributed by atoms with Crippen LogP contribution in [-0.4, -0.2) is 65.6 Å². The number of anilines is 1. The van der Waals surface area contributed by atoms with Crippen molar-refractivity contribution in [2.24, 2.45) is 0 Å². The smallest absolute Gasteiger partial charge is 0.264 e. The van der Waals surface area contributed by atoms with Crippen LogP contribution in [0, 0.1) is 5.82 Å². The van der Waals surface area contributed by atoms with Gasteiger partial charge < -0.3 is 24.4 Å². The molecule has 3 aromatic rings. The van der Waals surface area contributed by atoms with Crippen LogP contribution >= 0.6 is 0 Å². The van der Waals surface area contributed by atoms with Crippen molar-refractivity contribution in [1.82, 2.24) is 10.2 Å². The second kappa shape index (κ2) is 14.5. The number of nitrogens with zero attached hydrogens (tertiary/aromatic N) is 2. The van der Waals surface area contributed by atoms with Crippen LogP contribution in [0.25, 0.3) is 0 Å². The van der Waals surface area contributed by atoms with Crippen LogP contribution in [0.1, 0.15) is 25.8 Å². The molecule has 1 atom stereocenters. The molecule has 0 radical (unpaired) electrons. The van der Waals surface area contributed by atoms with Crippen LogP contribution in [0.3, 0.4) is 0 Å². The van der Waals surface area contributed by atoms with Gasteiger partial charge in [-0.3, -0.25) is 13.9 Å².